The van der Waals surface area contributed by atoms with Gasteiger partial charge in [0.2, 0.25) is 0 Å². The Hall–Kier alpha value is -2.38. The maximum atomic E-state index is 12.6. The summed E-state index contributed by atoms with van der Waals surface area (Å²) < 4.78 is 38.5. The molecule has 0 spiro atoms. The van der Waals surface area contributed by atoms with Crippen LogP contribution in [-0.2, 0) is 6.18 Å². The van der Waals surface area contributed by atoms with Gasteiger partial charge in [-0.2, -0.15) is 18.3 Å². The summed E-state index contributed by atoms with van der Waals surface area (Å²) in [4.78, 5) is 9.80. The van der Waals surface area contributed by atoms with E-state index in [2.05, 4.69) is 5.10 Å². The molecule has 1 aromatic heterocycles. The molecule has 0 aliphatic heterocycles. The fourth-order valence-electron chi connectivity index (χ4n) is 1.44. The largest absolute Gasteiger partial charge is 0.433 e. The van der Waals surface area contributed by atoms with Crippen LogP contribution in [0.1, 0.15) is 5.69 Å². The van der Waals surface area contributed by atoms with E-state index in [1.54, 1.807) is 0 Å². The molecule has 5 nitrogen and oxygen atoms in total. The molecule has 1 heterocycles. The van der Waals surface area contributed by atoms with Gasteiger partial charge in [-0.25, -0.2) is 4.68 Å². The van der Waals surface area contributed by atoms with Crippen LogP contribution in [-0.4, -0.2) is 14.7 Å². The fourth-order valence-corrected chi connectivity index (χ4v) is 1.44. The lowest BCUT2D eigenvalue weighted by molar-refractivity contribution is -0.384. The zero-order chi connectivity index (χ0) is 13.3. The van der Waals surface area contributed by atoms with Crippen LogP contribution in [0.15, 0.2) is 36.5 Å². The summed E-state index contributed by atoms with van der Waals surface area (Å²) in [6.45, 7) is 0. The summed E-state index contributed by atoms with van der Waals surface area (Å²) in [5.41, 5.74) is -1.02. The highest BCUT2D eigenvalue weighted by atomic mass is 19.4. The summed E-state index contributed by atoms with van der Waals surface area (Å²) in [5.74, 6) is 0. The van der Waals surface area contributed by atoms with E-state index in [4.69, 9.17) is 0 Å². The number of alkyl halides is 3. The maximum Gasteiger partial charge on any atom is 0.433 e. The van der Waals surface area contributed by atoms with E-state index in [1.165, 1.54) is 12.1 Å². The molecule has 94 valence electrons. The monoisotopic (exact) mass is 257 g/mol. The van der Waals surface area contributed by atoms with Gasteiger partial charge in [-0.3, -0.25) is 10.1 Å². The van der Waals surface area contributed by atoms with Crippen LogP contribution < -0.4 is 0 Å². The summed E-state index contributed by atoms with van der Waals surface area (Å²) in [6, 6.07) is 5.50. The van der Waals surface area contributed by atoms with Crippen molar-refractivity contribution in [2.45, 2.75) is 6.18 Å². The first kappa shape index (κ1) is 12.1. The lowest BCUT2D eigenvalue weighted by Gasteiger charge is -2.09. The van der Waals surface area contributed by atoms with Crippen molar-refractivity contribution in [3.8, 4) is 5.69 Å². The molecule has 1 aromatic carbocycles. The Labute approximate surface area is 98.6 Å². The Morgan fingerprint density at radius 3 is 2.28 bits per heavy atom. The van der Waals surface area contributed by atoms with Gasteiger partial charge in [-0.15, -0.1) is 0 Å². The van der Waals surface area contributed by atoms with E-state index in [0.29, 0.717) is 4.68 Å². The van der Waals surface area contributed by atoms with Crippen LogP contribution in [0, 0.1) is 10.1 Å². The van der Waals surface area contributed by atoms with Crippen LogP contribution in [0.5, 0.6) is 0 Å². The number of hydrogen-bond donors (Lipinski definition) is 0. The Bertz CT molecular complexity index is 575. The molecule has 8 heteroatoms. The van der Waals surface area contributed by atoms with Crippen LogP contribution in [0.3, 0.4) is 0 Å². The van der Waals surface area contributed by atoms with Gasteiger partial charge in [0.15, 0.2) is 0 Å². The van der Waals surface area contributed by atoms with Gasteiger partial charge in [-0.1, -0.05) is 0 Å². The summed E-state index contributed by atoms with van der Waals surface area (Å²) in [7, 11) is 0. The Morgan fingerprint density at radius 2 is 1.78 bits per heavy atom. The lowest BCUT2D eigenvalue weighted by atomic mass is 10.3. The summed E-state index contributed by atoms with van der Waals surface area (Å²) in [6.07, 6.45) is -3.51. The molecule has 0 bridgehead atoms. The molecule has 0 saturated heterocycles. The molecule has 0 unspecified atom stereocenters. The number of non-ortho nitro benzene ring substituents is 1. The molecular formula is C10H6F3N3O2. The normalized spacial score (nSPS) is 11.5. The SMILES string of the molecule is O=[N+]([O-])c1ccc(-n2nccc2C(F)(F)F)cc1. The third kappa shape index (κ3) is 2.17. The summed E-state index contributed by atoms with van der Waals surface area (Å²) >= 11 is 0. The van der Waals surface area contributed by atoms with E-state index in [9.17, 15) is 23.3 Å². The first-order valence-corrected chi connectivity index (χ1v) is 4.75. The van der Waals surface area contributed by atoms with Gasteiger partial charge in [0.1, 0.15) is 5.69 Å². The number of rotatable bonds is 2. The summed E-state index contributed by atoms with van der Waals surface area (Å²) in [5, 5.41) is 14.0. The maximum absolute atomic E-state index is 12.6. The third-order valence-electron chi connectivity index (χ3n) is 2.24. The number of nitro benzene ring substituents is 1. The van der Waals surface area contributed by atoms with Crippen LogP contribution in [0.25, 0.3) is 5.69 Å². The minimum absolute atomic E-state index is 0.109. The average Bonchev–Trinajstić information content (AvgIpc) is 2.77. The number of aromatic nitrogens is 2. The van der Waals surface area contributed by atoms with Gasteiger partial charge in [0.25, 0.3) is 5.69 Å². The van der Waals surface area contributed by atoms with Gasteiger partial charge in [0.05, 0.1) is 16.8 Å². The van der Waals surface area contributed by atoms with Gasteiger partial charge >= 0.3 is 6.18 Å². The zero-order valence-corrected chi connectivity index (χ0v) is 8.76. The molecule has 0 radical (unpaired) electrons. The highest BCUT2D eigenvalue weighted by molar-refractivity contribution is 5.41. The number of nitro groups is 1. The number of benzene rings is 1. The van der Waals surface area contributed by atoms with Crippen molar-refractivity contribution in [2.24, 2.45) is 0 Å². The molecule has 2 aromatic rings. The van der Waals surface area contributed by atoms with E-state index in [-0.39, 0.29) is 11.4 Å². The molecule has 0 atom stereocenters. The van der Waals surface area contributed by atoms with E-state index in [0.717, 1.165) is 24.4 Å². The second-order valence-electron chi connectivity index (χ2n) is 3.40. The van der Waals surface area contributed by atoms with E-state index >= 15 is 0 Å². The van der Waals surface area contributed by atoms with Crippen molar-refractivity contribution < 1.29 is 18.1 Å². The fraction of sp³-hybridized carbons (Fsp3) is 0.100. The first-order chi connectivity index (χ1) is 8.39. The molecule has 18 heavy (non-hydrogen) atoms. The highest BCUT2D eigenvalue weighted by Gasteiger charge is 2.35. The van der Waals surface area contributed by atoms with E-state index in [1.807, 2.05) is 0 Å². The predicted molar refractivity (Wildman–Crippen MR) is 55.2 cm³/mol. The molecule has 0 aliphatic rings. The molecule has 0 N–H and O–H groups in total. The van der Waals surface area contributed by atoms with Crippen LogP contribution in [0.4, 0.5) is 18.9 Å². The van der Waals surface area contributed by atoms with Crippen LogP contribution in [0.2, 0.25) is 0 Å². The molecule has 0 aliphatic carbocycles. The average molecular weight is 257 g/mol. The molecule has 0 fully saturated rings. The molecular weight excluding hydrogens is 251 g/mol. The number of halogens is 3. The second kappa shape index (κ2) is 4.13. The standard InChI is InChI=1S/C10H6F3N3O2/c11-10(12,13)9-5-6-14-15(9)7-1-3-8(4-2-7)16(17)18/h1-6H. The van der Waals surface area contributed by atoms with Crippen molar-refractivity contribution in [1.82, 2.24) is 9.78 Å². The van der Waals surface area contributed by atoms with Crippen LogP contribution >= 0.6 is 0 Å². The van der Waals surface area contributed by atoms with Gasteiger partial charge in [0, 0.05) is 12.1 Å². The molecule has 0 saturated carbocycles. The van der Waals surface area contributed by atoms with Gasteiger partial charge in [-0.05, 0) is 18.2 Å². The van der Waals surface area contributed by atoms with Crippen molar-refractivity contribution >= 4 is 5.69 Å². The Kier molecular flexibility index (Phi) is 2.77. The minimum atomic E-state index is -4.53. The Morgan fingerprint density at radius 1 is 1.17 bits per heavy atom. The Balaban J connectivity index is 2.44. The molecule has 2 rings (SSSR count). The zero-order valence-electron chi connectivity index (χ0n) is 8.76. The first-order valence-electron chi connectivity index (χ1n) is 4.75. The second-order valence-corrected chi connectivity index (χ2v) is 3.40. The number of hydrogen-bond acceptors (Lipinski definition) is 3. The quantitative estimate of drug-likeness (QED) is 0.613. The smallest absolute Gasteiger partial charge is 0.258 e. The van der Waals surface area contributed by atoms with E-state index < -0.39 is 16.8 Å². The van der Waals surface area contributed by atoms with Crippen molar-refractivity contribution in [2.75, 3.05) is 0 Å². The van der Waals surface area contributed by atoms with Crippen molar-refractivity contribution in [3.63, 3.8) is 0 Å². The minimum Gasteiger partial charge on any atom is -0.258 e. The van der Waals surface area contributed by atoms with Crippen molar-refractivity contribution in [3.05, 3.63) is 52.3 Å². The van der Waals surface area contributed by atoms with Crippen molar-refractivity contribution in [1.29, 1.82) is 0 Å². The molecule has 0 amide bonds. The van der Waals surface area contributed by atoms with Gasteiger partial charge < -0.3 is 0 Å². The highest BCUT2D eigenvalue weighted by Crippen LogP contribution is 2.30. The topological polar surface area (TPSA) is 61.0 Å². The lowest BCUT2D eigenvalue weighted by Crippen LogP contribution is -2.13. The number of nitrogens with zero attached hydrogens (tertiary/aromatic N) is 3. The third-order valence-corrected chi connectivity index (χ3v) is 2.24. The predicted octanol–water partition coefficient (Wildman–Crippen LogP) is 2.80.